The minimum atomic E-state index is 0.177. The zero-order valence-corrected chi connectivity index (χ0v) is 15.2. The molecule has 4 rings (SSSR count). The molecule has 0 aromatic heterocycles. The Morgan fingerprint density at radius 2 is 1.64 bits per heavy atom. The van der Waals surface area contributed by atoms with Gasteiger partial charge in [-0.25, -0.2) is 0 Å². The van der Waals surface area contributed by atoms with Gasteiger partial charge in [-0.2, -0.15) is 0 Å². The van der Waals surface area contributed by atoms with Crippen molar-refractivity contribution in [2.24, 2.45) is 0 Å². The molecular weight excluding hydrogens is 332 g/mol. The van der Waals surface area contributed by atoms with Crippen LogP contribution in [0.1, 0.15) is 30.0 Å². The first-order chi connectivity index (χ1) is 12.3. The number of morpholine rings is 1. The number of hydrogen-bond donors (Lipinski definition) is 1. The third kappa shape index (κ3) is 3.75. The number of piperidine rings is 1. The van der Waals surface area contributed by atoms with Crippen molar-refractivity contribution in [2.75, 3.05) is 32.8 Å². The summed E-state index contributed by atoms with van der Waals surface area (Å²) in [6.45, 7) is 4.79. The Morgan fingerprint density at radius 3 is 2.28 bits per heavy atom. The van der Waals surface area contributed by atoms with Crippen molar-refractivity contribution in [1.82, 2.24) is 10.2 Å². The van der Waals surface area contributed by atoms with Gasteiger partial charge in [-0.1, -0.05) is 54.1 Å². The normalized spacial score (nSPS) is 22.0. The first-order valence-corrected chi connectivity index (χ1v) is 9.51. The molecule has 0 radical (unpaired) electrons. The van der Waals surface area contributed by atoms with Gasteiger partial charge < -0.3 is 10.1 Å². The van der Waals surface area contributed by atoms with E-state index in [4.69, 9.17) is 16.3 Å². The van der Waals surface area contributed by atoms with E-state index in [9.17, 15) is 0 Å². The standard InChI is InChI=1S/C21H25ClN2O/c22-19-8-6-18(7-9-19)20(17-4-2-1-3-5-17)24-13-10-21(11-14-24)16-25-15-12-23-21/h1-9,20,23H,10-16H2. The van der Waals surface area contributed by atoms with Gasteiger partial charge in [0.05, 0.1) is 19.3 Å². The van der Waals surface area contributed by atoms with Crippen molar-refractivity contribution in [3.8, 4) is 0 Å². The average Bonchev–Trinajstić information content (AvgIpc) is 2.67. The third-order valence-corrected chi connectivity index (χ3v) is 5.80. The van der Waals surface area contributed by atoms with Gasteiger partial charge in [-0.3, -0.25) is 4.90 Å². The lowest BCUT2D eigenvalue weighted by Crippen LogP contribution is -2.59. The zero-order valence-electron chi connectivity index (χ0n) is 14.5. The van der Waals surface area contributed by atoms with E-state index in [0.29, 0.717) is 0 Å². The van der Waals surface area contributed by atoms with Gasteiger partial charge in [0.2, 0.25) is 0 Å². The fourth-order valence-electron chi connectivity index (χ4n) is 4.13. The zero-order chi connectivity index (χ0) is 17.1. The van der Waals surface area contributed by atoms with Crippen LogP contribution in [-0.2, 0) is 4.74 Å². The lowest BCUT2D eigenvalue weighted by molar-refractivity contribution is -0.00986. The molecule has 0 amide bonds. The number of halogens is 1. The van der Waals surface area contributed by atoms with Crippen LogP contribution in [0.2, 0.25) is 5.02 Å². The fourth-order valence-corrected chi connectivity index (χ4v) is 4.26. The molecule has 2 aliphatic heterocycles. The monoisotopic (exact) mass is 356 g/mol. The molecule has 2 heterocycles. The number of benzene rings is 2. The first-order valence-electron chi connectivity index (χ1n) is 9.13. The second kappa shape index (κ2) is 7.46. The fraction of sp³-hybridized carbons (Fsp3) is 0.429. The second-order valence-corrected chi connectivity index (χ2v) is 7.60. The van der Waals surface area contributed by atoms with Gasteiger partial charge in [-0.15, -0.1) is 0 Å². The number of hydrogen-bond acceptors (Lipinski definition) is 3. The van der Waals surface area contributed by atoms with Crippen molar-refractivity contribution in [2.45, 2.75) is 24.4 Å². The lowest BCUT2D eigenvalue weighted by Gasteiger charge is -2.46. The van der Waals surface area contributed by atoms with E-state index in [1.54, 1.807) is 0 Å². The van der Waals surface area contributed by atoms with Gasteiger partial charge in [0, 0.05) is 30.2 Å². The van der Waals surface area contributed by atoms with Crippen molar-refractivity contribution < 1.29 is 4.74 Å². The Bertz CT molecular complexity index is 673. The van der Waals surface area contributed by atoms with Crippen molar-refractivity contribution in [3.05, 3.63) is 70.7 Å². The molecule has 1 atom stereocenters. The van der Waals surface area contributed by atoms with Gasteiger partial charge >= 0.3 is 0 Å². The molecule has 0 saturated carbocycles. The lowest BCUT2D eigenvalue weighted by atomic mass is 9.85. The molecular formula is C21H25ClN2O. The summed E-state index contributed by atoms with van der Waals surface area (Å²) in [7, 11) is 0. The maximum Gasteiger partial charge on any atom is 0.0649 e. The second-order valence-electron chi connectivity index (χ2n) is 7.16. The molecule has 3 nitrogen and oxygen atoms in total. The third-order valence-electron chi connectivity index (χ3n) is 5.55. The Kier molecular flexibility index (Phi) is 5.09. The molecule has 2 fully saturated rings. The summed E-state index contributed by atoms with van der Waals surface area (Å²) >= 11 is 6.11. The molecule has 2 saturated heterocycles. The highest BCUT2D eigenvalue weighted by Gasteiger charge is 2.38. The van der Waals surface area contributed by atoms with Crippen LogP contribution in [0.15, 0.2) is 54.6 Å². The number of ether oxygens (including phenoxy) is 1. The Morgan fingerprint density at radius 1 is 0.960 bits per heavy atom. The summed E-state index contributed by atoms with van der Waals surface area (Å²) in [5.74, 6) is 0. The van der Waals surface area contributed by atoms with Gasteiger partial charge in [0.25, 0.3) is 0 Å². The maximum absolute atomic E-state index is 6.11. The van der Waals surface area contributed by atoms with E-state index < -0.39 is 0 Å². The van der Waals surface area contributed by atoms with Crippen LogP contribution in [0.4, 0.5) is 0 Å². The molecule has 4 heteroatoms. The maximum atomic E-state index is 6.11. The minimum Gasteiger partial charge on any atom is -0.378 e. The highest BCUT2D eigenvalue weighted by atomic mass is 35.5. The Hall–Kier alpha value is -1.39. The molecule has 1 spiro atoms. The van der Waals surface area contributed by atoms with Crippen LogP contribution in [0.25, 0.3) is 0 Å². The van der Waals surface area contributed by atoms with Crippen molar-refractivity contribution in [1.29, 1.82) is 0 Å². The predicted molar refractivity (Wildman–Crippen MR) is 102 cm³/mol. The van der Waals surface area contributed by atoms with Crippen LogP contribution in [0, 0.1) is 0 Å². The average molecular weight is 357 g/mol. The smallest absolute Gasteiger partial charge is 0.0649 e. The SMILES string of the molecule is Clc1ccc(C(c2ccccc2)N2CCC3(CC2)COCCN3)cc1. The quantitative estimate of drug-likeness (QED) is 0.903. The summed E-state index contributed by atoms with van der Waals surface area (Å²) in [4.78, 5) is 2.60. The molecule has 1 unspecified atom stereocenters. The highest BCUT2D eigenvalue weighted by Crippen LogP contribution is 2.34. The summed E-state index contributed by atoms with van der Waals surface area (Å²) in [5.41, 5.74) is 2.82. The molecule has 1 N–H and O–H groups in total. The van der Waals surface area contributed by atoms with E-state index in [-0.39, 0.29) is 11.6 Å². The molecule has 2 aliphatic rings. The van der Waals surface area contributed by atoms with Crippen LogP contribution in [0.3, 0.4) is 0 Å². The molecule has 132 valence electrons. The molecule has 0 bridgehead atoms. The molecule has 25 heavy (non-hydrogen) atoms. The summed E-state index contributed by atoms with van der Waals surface area (Å²) < 4.78 is 5.75. The van der Waals surface area contributed by atoms with E-state index >= 15 is 0 Å². The Balaban J connectivity index is 1.58. The predicted octanol–water partition coefficient (Wildman–Crippen LogP) is 3.88. The van der Waals surface area contributed by atoms with E-state index in [2.05, 4.69) is 52.7 Å². The number of nitrogens with one attached hydrogen (secondary N) is 1. The molecule has 2 aromatic carbocycles. The van der Waals surface area contributed by atoms with Crippen LogP contribution in [0.5, 0.6) is 0 Å². The number of likely N-dealkylation sites (tertiary alicyclic amines) is 1. The number of rotatable bonds is 3. The summed E-state index contributed by atoms with van der Waals surface area (Å²) in [6.07, 6.45) is 2.26. The van der Waals surface area contributed by atoms with Gasteiger partial charge in [-0.05, 0) is 36.1 Å². The van der Waals surface area contributed by atoms with E-state index in [1.807, 2.05) is 12.1 Å². The number of nitrogens with zero attached hydrogens (tertiary/aromatic N) is 1. The van der Waals surface area contributed by atoms with Crippen molar-refractivity contribution >= 4 is 11.6 Å². The topological polar surface area (TPSA) is 24.5 Å². The van der Waals surface area contributed by atoms with Crippen LogP contribution >= 0.6 is 11.6 Å². The van der Waals surface area contributed by atoms with Crippen LogP contribution < -0.4 is 5.32 Å². The van der Waals surface area contributed by atoms with Gasteiger partial charge in [0.15, 0.2) is 0 Å². The van der Waals surface area contributed by atoms with E-state index in [0.717, 1.165) is 50.7 Å². The highest BCUT2D eigenvalue weighted by molar-refractivity contribution is 6.30. The Labute approximate surface area is 154 Å². The summed E-state index contributed by atoms with van der Waals surface area (Å²) in [5, 5.41) is 4.50. The molecule has 2 aromatic rings. The molecule has 0 aliphatic carbocycles. The van der Waals surface area contributed by atoms with Gasteiger partial charge in [0.1, 0.15) is 0 Å². The van der Waals surface area contributed by atoms with Crippen molar-refractivity contribution in [3.63, 3.8) is 0 Å². The minimum absolute atomic E-state index is 0.177. The van der Waals surface area contributed by atoms with Crippen LogP contribution in [-0.4, -0.2) is 43.3 Å². The largest absolute Gasteiger partial charge is 0.378 e. The summed E-state index contributed by atoms with van der Waals surface area (Å²) in [6, 6.07) is 19.4. The first kappa shape index (κ1) is 17.0. The van der Waals surface area contributed by atoms with E-state index in [1.165, 1.54) is 11.1 Å².